The molecule has 0 aliphatic heterocycles. The van der Waals surface area contributed by atoms with Gasteiger partial charge in [0.05, 0.1) is 5.69 Å². The number of carbonyl (C=O) groups is 2. The van der Waals surface area contributed by atoms with Crippen molar-refractivity contribution in [2.75, 3.05) is 4.90 Å². The lowest BCUT2D eigenvalue weighted by molar-refractivity contribution is -0.138. The van der Waals surface area contributed by atoms with E-state index in [-0.39, 0.29) is 6.61 Å². The quantitative estimate of drug-likeness (QED) is 0.583. The van der Waals surface area contributed by atoms with Crippen molar-refractivity contribution < 1.29 is 19.4 Å². The first-order valence-corrected chi connectivity index (χ1v) is 9.78. The smallest absolute Gasteiger partial charge is 0.415 e. The number of hydrogen-bond donors (Lipinski definition) is 1. The van der Waals surface area contributed by atoms with Crippen molar-refractivity contribution in [1.82, 2.24) is 0 Å². The van der Waals surface area contributed by atoms with Crippen molar-refractivity contribution in [3.63, 3.8) is 0 Å². The molecule has 154 valence electrons. The third-order valence-corrected chi connectivity index (χ3v) is 5.13. The number of nitrogens with zero attached hydrogens (tertiary/aromatic N) is 1. The Kier molecular flexibility index (Phi) is 6.52. The molecule has 0 bridgehead atoms. The molecule has 0 spiro atoms. The van der Waals surface area contributed by atoms with Gasteiger partial charge in [0.2, 0.25) is 0 Å². The van der Waals surface area contributed by atoms with Crippen LogP contribution in [-0.2, 0) is 16.1 Å². The number of amides is 1. The number of aryl methyl sites for hydroxylation is 2. The normalized spacial score (nSPS) is 11.6. The molecule has 0 radical (unpaired) electrons. The lowest BCUT2D eigenvalue weighted by Gasteiger charge is -2.28. The molecule has 3 aromatic carbocycles. The van der Waals surface area contributed by atoms with Gasteiger partial charge in [-0.15, -0.1) is 0 Å². The Morgan fingerprint density at radius 1 is 0.933 bits per heavy atom. The van der Waals surface area contributed by atoms with Crippen molar-refractivity contribution >= 4 is 17.7 Å². The summed E-state index contributed by atoms with van der Waals surface area (Å²) in [5, 5.41) is 9.64. The van der Waals surface area contributed by atoms with E-state index in [0.717, 1.165) is 27.8 Å². The van der Waals surface area contributed by atoms with Crippen LogP contribution in [0.25, 0.3) is 11.1 Å². The van der Waals surface area contributed by atoms with Gasteiger partial charge in [-0.25, -0.2) is 9.59 Å². The molecule has 30 heavy (non-hydrogen) atoms. The molecule has 0 saturated heterocycles. The summed E-state index contributed by atoms with van der Waals surface area (Å²) in [5.74, 6) is -1.11. The highest BCUT2D eigenvalue weighted by Gasteiger charge is 2.30. The summed E-state index contributed by atoms with van der Waals surface area (Å²) in [6.07, 6.45) is -0.704. The van der Waals surface area contributed by atoms with E-state index in [0.29, 0.717) is 5.69 Å². The fourth-order valence-electron chi connectivity index (χ4n) is 3.20. The third kappa shape index (κ3) is 4.69. The average Bonchev–Trinajstić information content (AvgIpc) is 2.75. The number of carboxylic acid groups (broad SMARTS) is 1. The number of carboxylic acids is 1. The molecule has 5 heteroatoms. The number of para-hydroxylation sites is 1. The molecular formula is C25H25NO4. The minimum atomic E-state index is -1.11. The van der Waals surface area contributed by atoms with Crippen LogP contribution in [0.5, 0.6) is 0 Å². The number of carbonyl (C=O) groups excluding carboxylic acids is 1. The molecule has 1 amide bonds. The van der Waals surface area contributed by atoms with Crippen LogP contribution in [0.15, 0.2) is 72.8 Å². The van der Waals surface area contributed by atoms with E-state index in [9.17, 15) is 14.7 Å². The van der Waals surface area contributed by atoms with Gasteiger partial charge in [0.15, 0.2) is 0 Å². The summed E-state index contributed by atoms with van der Waals surface area (Å²) in [5.41, 5.74) is 5.28. The zero-order valence-corrected chi connectivity index (χ0v) is 17.3. The Hall–Kier alpha value is -3.60. The first kappa shape index (κ1) is 21.1. The summed E-state index contributed by atoms with van der Waals surface area (Å²) in [6, 6.07) is 21.5. The molecule has 1 N–H and O–H groups in total. The van der Waals surface area contributed by atoms with Gasteiger partial charge in [-0.2, -0.15) is 0 Å². The summed E-state index contributed by atoms with van der Waals surface area (Å²) in [4.78, 5) is 26.0. The average molecular weight is 403 g/mol. The Morgan fingerprint density at radius 3 is 2.27 bits per heavy atom. The highest BCUT2D eigenvalue weighted by molar-refractivity contribution is 5.99. The lowest BCUT2D eigenvalue weighted by atomic mass is 9.98. The zero-order chi connectivity index (χ0) is 21.7. The highest BCUT2D eigenvalue weighted by Crippen LogP contribution is 2.33. The Balaban J connectivity index is 1.99. The molecule has 1 atom stereocenters. The largest absolute Gasteiger partial charge is 0.480 e. The van der Waals surface area contributed by atoms with E-state index < -0.39 is 18.1 Å². The van der Waals surface area contributed by atoms with Crippen LogP contribution in [0.3, 0.4) is 0 Å². The Labute approximate surface area is 176 Å². The van der Waals surface area contributed by atoms with Crippen LogP contribution >= 0.6 is 0 Å². The maximum absolute atomic E-state index is 13.0. The van der Waals surface area contributed by atoms with Crippen molar-refractivity contribution in [2.45, 2.75) is 33.4 Å². The number of hydrogen-bond acceptors (Lipinski definition) is 3. The van der Waals surface area contributed by atoms with Gasteiger partial charge in [-0.3, -0.25) is 4.90 Å². The van der Waals surface area contributed by atoms with Crippen LogP contribution in [-0.4, -0.2) is 23.2 Å². The minimum Gasteiger partial charge on any atom is -0.480 e. The molecular weight excluding hydrogens is 378 g/mol. The van der Waals surface area contributed by atoms with Gasteiger partial charge in [0, 0.05) is 5.56 Å². The van der Waals surface area contributed by atoms with Gasteiger partial charge in [0.1, 0.15) is 12.6 Å². The molecule has 3 rings (SSSR count). The van der Waals surface area contributed by atoms with Gasteiger partial charge in [-0.1, -0.05) is 66.7 Å². The van der Waals surface area contributed by atoms with Crippen molar-refractivity contribution in [3.8, 4) is 11.1 Å². The van der Waals surface area contributed by atoms with Crippen LogP contribution in [0.4, 0.5) is 10.5 Å². The maximum atomic E-state index is 13.0. The summed E-state index contributed by atoms with van der Waals surface area (Å²) >= 11 is 0. The van der Waals surface area contributed by atoms with Gasteiger partial charge in [-0.05, 0) is 49.1 Å². The number of rotatable bonds is 6. The SMILES string of the molecule is Cc1ccc(-c2ccccc2N(C(=O)OCc2ccccc2)[C@@H](C)C(=O)O)cc1C. The molecule has 0 aromatic heterocycles. The lowest BCUT2D eigenvalue weighted by Crippen LogP contribution is -2.44. The van der Waals surface area contributed by atoms with E-state index in [4.69, 9.17) is 4.74 Å². The molecule has 5 nitrogen and oxygen atoms in total. The predicted octanol–water partition coefficient (Wildman–Crippen LogP) is 5.59. The predicted molar refractivity (Wildman–Crippen MR) is 118 cm³/mol. The number of anilines is 1. The zero-order valence-electron chi connectivity index (χ0n) is 17.3. The number of benzene rings is 3. The van der Waals surface area contributed by atoms with Gasteiger partial charge >= 0.3 is 12.1 Å². The van der Waals surface area contributed by atoms with Crippen LogP contribution in [0.1, 0.15) is 23.6 Å². The number of aliphatic carboxylic acids is 1. The Bertz CT molecular complexity index is 1050. The Morgan fingerprint density at radius 2 is 1.60 bits per heavy atom. The van der Waals surface area contributed by atoms with Crippen molar-refractivity contribution in [1.29, 1.82) is 0 Å². The van der Waals surface area contributed by atoms with E-state index in [2.05, 4.69) is 0 Å². The van der Waals surface area contributed by atoms with E-state index >= 15 is 0 Å². The molecule has 0 aliphatic carbocycles. The maximum Gasteiger partial charge on any atom is 0.415 e. The topological polar surface area (TPSA) is 66.8 Å². The van der Waals surface area contributed by atoms with Gasteiger partial charge < -0.3 is 9.84 Å². The molecule has 0 fully saturated rings. The van der Waals surface area contributed by atoms with E-state index in [1.54, 1.807) is 12.1 Å². The fraction of sp³-hybridized carbons (Fsp3) is 0.200. The third-order valence-electron chi connectivity index (χ3n) is 5.13. The first-order valence-electron chi connectivity index (χ1n) is 9.78. The standard InChI is InChI=1S/C25H25NO4/c1-17-13-14-21(15-18(17)2)22-11-7-8-12-23(22)26(19(3)24(27)28)25(29)30-16-20-9-5-4-6-10-20/h4-15,19H,16H2,1-3H3,(H,27,28)/t19-/m0/s1. The molecule has 0 unspecified atom stereocenters. The van der Waals surface area contributed by atoms with Crippen molar-refractivity contribution in [3.05, 3.63) is 89.5 Å². The molecule has 0 saturated carbocycles. The minimum absolute atomic E-state index is 0.0638. The van der Waals surface area contributed by atoms with E-state index in [1.165, 1.54) is 11.8 Å². The summed E-state index contributed by atoms with van der Waals surface area (Å²) in [7, 11) is 0. The van der Waals surface area contributed by atoms with E-state index in [1.807, 2.05) is 74.5 Å². The molecule has 3 aromatic rings. The second kappa shape index (κ2) is 9.27. The van der Waals surface area contributed by atoms with Crippen LogP contribution < -0.4 is 4.90 Å². The van der Waals surface area contributed by atoms with Gasteiger partial charge in [0.25, 0.3) is 0 Å². The van der Waals surface area contributed by atoms with Crippen LogP contribution in [0, 0.1) is 13.8 Å². The second-order valence-corrected chi connectivity index (χ2v) is 7.24. The first-order chi connectivity index (χ1) is 14.4. The fourth-order valence-corrected chi connectivity index (χ4v) is 3.20. The molecule has 0 heterocycles. The van der Waals surface area contributed by atoms with Crippen molar-refractivity contribution in [2.24, 2.45) is 0 Å². The second-order valence-electron chi connectivity index (χ2n) is 7.24. The number of ether oxygens (including phenoxy) is 1. The van der Waals surface area contributed by atoms with Crippen LogP contribution in [0.2, 0.25) is 0 Å². The summed E-state index contributed by atoms with van der Waals surface area (Å²) < 4.78 is 5.47. The highest BCUT2D eigenvalue weighted by atomic mass is 16.6. The molecule has 0 aliphatic rings. The monoisotopic (exact) mass is 403 g/mol. The summed E-state index contributed by atoms with van der Waals surface area (Å²) in [6.45, 7) is 5.59.